The van der Waals surface area contributed by atoms with Crippen molar-refractivity contribution in [3.8, 4) is 11.3 Å². The fraction of sp³-hybridized carbons (Fsp3) is 0.0870. The van der Waals surface area contributed by atoms with E-state index in [9.17, 15) is 14.4 Å². The fourth-order valence-electron chi connectivity index (χ4n) is 3.03. The van der Waals surface area contributed by atoms with Gasteiger partial charge in [-0.25, -0.2) is 9.80 Å². The SMILES string of the molecule is CCOC(=O)c1ccc(-c2ccc(C=C3C(=O)NN(c4ccccc4)C3=O)o2)cc1. The van der Waals surface area contributed by atoms with Gasteiger partial charge in [0.1, 0.15) is 17.1 Å². The second-order valence-corrected chi connectivity index (χ2v) is 6.47. The van der Waals surface area contributed by atoms with Crippen molar-refractivity contribution in [2.24, 2.45) is 0 Å². The molecular formula is C23H18N2O5. The van der Waals surface area contributed by atoms with Crippen LogP contribution in [0.1, 0.15) is 23.0 Å². The third-order valence-corrected chi connectivity index (χ3v) is 4.50. The van der Waals surface area contributed by atoms with Crippen LogP contribution in [0.2, 0.25) is 0 Å². The van der Waals surface area contributed by atoms with Crippen LogP contribution in [-0.4, -0.2) is 24.4 Å². The molecule has 2 amide bonds. The van der Waals surface area contributed by atoms with Crippen LogP contribution in [0, 0.1) is 0 Å². The third-order valence-electron chi connectivity index (χ3n) is 4.50. The van der Waals surface area contributed by atoms with Gasteiger partial charge in [-0.05, 0) is 49.4 Å². The number of carbonyl (C=O) groups excluding carboxylic acids is 3. The Labute approximate surface area is 172 Å². The zero-order chi connectivity index (χ0) is 21.1. The van der Waals surface area contributed by atoms with Crippen molar-refractivity contribution in [1.82, 2.24) is 5.43 Å². The molecule has 2 heterocycles. The van der Waals surface area contributed by atoms with Gasteiger partial charge in [0.2, 0.25) is 0 Å². The van der Waals surface area contributed by atoms with Crippen LogP contribution in [0.5, 0.6) is 0 Å². The molecule has 2 aromatic carbocycles. The number of rotatable bonds is 5. The zero-order valence-electron chi connectivity index (χ0n) is 16.1. The molecule has 1 aliphatic rings. The van der Waals surface area contributed by atoms with Gasteiger partial charge in [-0.3, -0.25) is 15.0 Å². The molecule has 150 valence electrons. The topological polar surface area (TPSA) is 88.9 Å². The highest BCUT2D eigenvalue weighted by Gasteiger charge is 2.34. The first-order chi connectivity index (χ1) is 14.6. The number of nitrogens with zero attached hydrogens (tertiary/aromatic N) is 1. The summed E-state index contributed by atoms with van der Waals surface area (Å²) in [5, 5.41) is 1.20. The van der Waals surface area contributed by atoms with Crippen molar-refractivity contribution in [3.63, 3.8) is 0 Å². The van der Waals surface area contributed by atoms with Crippen molar-refractivity contribution in [1.29, 1.82) is 0 Å². The van der Waals surface area contributed by atoms with E-state index in [4.69, 9.17) is 9.15 Å². The average molecular weight is 402 g/mol. The van der Waals surface area contributed by atoms with Gasteiger partial charge in [-0.2, -0.15) is 0 Å². The van der Waals surface area contributed by atoms with Gasteiger partial charge < -0.3 is 9.15 Å². The molecule has 0 aliphatic carbocycles. The van der Waals surface area contributed by atoms with Crippen LogP contribution in [0.15, 0.2) is 76.7 Å². The Kier molecular flexibility index (Phi) is 5.17. The number of ether oxygens (including phenoxy) is 1. The number of amides is 2. The van der Waals surface area contributed by atoms with Crippen LogP contribution >= 0.6 is 0 Å². The fourth-order valence-corrected chi connectivity index (χ4v) is 3.03. The normalized spacial score (nSPS) is 14.8. The predicted octanol–water partition coefficient (Wildman–Crippen LogP) is 3.58. The molecule has 0 unspecified atom stereocenters. The number of hydrogen-bond acceptors (Lipinski definition) is 5. The van der Waals surface area contributed by atoms with E-state index in [0.717, 1.165) is 5.56 Å². The van der Waals surface area contributed by atoms with Gasteiger partial charge >= 0.3 is 5.97 Å². The van der Waals surface area contributed by atoms with E-state index in [1.54, 1.807) is 67.6 Å². The van der Waals surface area contributed by atoms with E-state index in [-0.39, 0.29) is 11.5 Å². The first-order valence-corrected chi connectivity index (χ1v) is 9.36. The number of furan rings is 1. The van der Waals surface area contributed by atoms with E-state index < -0.39 is 11.8 Å². The van der Waals surface area contributed by atoms with E-state index >= 15 is 0 Å². The first kappa shape index (κ1) is 19.2. The lowest BCUT2D eigenvalue weighted by atomic mass is 10.1. The number of para-hydroxylation sites is 1. The average Bonchev–Trinajstić information content (AvgIpc) is 3.35. The summed E-state index contributed by atoms with van der Waals surface area (Å²) in [6.45, 7) is 2.06. The number of hydrazine groups is 1. The van der Waals surface area contributed by atoms with Crippen LogP contribution in [0.3, 0.4) is 0 Å². The Balaban J connectivity index is 1.54. The standard InChI is InChI=1S/C23H18N2O5/c1-2-29-23(28)16-10-8-15(9-11-16)20-13-12-18(30-20)14-19-21(26)24-25(22(19)27)17-6-4-3-5-7-17/h3-14H,2H2,1H3,(H,24,26). The monoisotopic (exact) mass is 402 g/mol. The minimum atomic E-state index is -0.499. The minimum absolute atomic E-state index is 0.0163. The summed E-state index contributed by atoms with van der Waals surface area (Å²) >= 11 is 0. The molecular weight excluding hydrogens is 384 g/mol. The summed E-state index contributed by atoms with van der Waals surface area (Å²) in [5.41, 5.74) is 4.30. The molecule has 1 saturated heterocycles. The van der Waals surface area contributed by atoms with Gasteiger partial charge in [0.25, 0.3) is 11.8 Å². The van der Waals surface area contributed by atoms with Crippen molar-refractivity contribution >= 4 is 29.5 Å². The van der Waals surface area contributed by atoms with E-state index in [0.29, 0.717) is 29.4 Å². The number of anilines is 1. The first-order valence-electron chi connectivity index (χ1n) is 9.36. The summed E-state index contributed by atoms with van der Waals surface area (Å²) < 4.78 is 10.7. The molecule has 0 atom stereocenters. The van der Waals surface area contributed by atoms with Crippen LogP contribution in [0.4, 0.5) is 5.69 Å². The molecule has 0 radical (unpaired) electrons. The molecule has 4 rings (SSSR count). The molecule has 7 nitrogen and oxygen atoms in total. The maximum atomic E-state index is 12.6. The highest BCUT2D eigenvalue weighted by atomic mass is 16.5. The Bertz CT molecular complexity index is 1130. The molecule has 7 heteroatoms. The summed E-state index contributed by atoms with van der Waals surface area (Å²) in [4.78, 5) is 36.7. The van der Waals surface area contributed by atoms with E-state index in [1.807, 2.05) is 6.07 Å². The lowest BCUT2D eigenvalue weighted by molar-refractivity contribution is -0.117. The molecule has 0 bridgehead atoms. The highest BCUT2D eigenvalue weighted by Crippen LogP contribution is 2.26. The molecule has 30 heavy (non-hydrogen) atoms. The quantitative estimate of drug-likeness (QED) is 0.400. The Morgan fingerprint density at radius 2 is 1.77 bits per heavy atom. The van der Waals surface area contributed by atoms with Gasteiger partial charge in [-0.15, -0.1) is 0 Å². The van der Waals surface area contributed by atoms with Gasteiger partial charge in [-0.1, -0.05) is 30.3 Å². The summed E-state index contributed by atoms with van der Waals surface area (Å²) in [6.07, 6.45) is 1.41. The second kappa shape index (κ2) is 8.08. The molecule has 1 aromatic heterocycles. The molecule has 0 spiro atoms. The van der Waals surface area contributed by atoms with Gasteiger partial charge in [0, 0.05) is 5.56 Å². The minimum Gasteiger partial charge on any atom is -0.462 e. The van der Waals surface area contributed by atoms with Crippen LogP contribution in [0.25, 0.3) is 17.4 Å². The van der Waals surface area contributed by atoms with Crippen LogP contribution < -0.4 is 10.4 Å². The smallest absolute Gasteiger partial charge is 0.338 e. The maximum Gasteiger partial charge on any atom is 0.338 e. The molecule has 1 N–H and O–H groups in total. The van der Waals surface area contributed by atoms with Gasteiger partial charge in [0.05, 0.1) is 17.9 Å². The third kappa shape index (κ3) is 3.73. The summed E-state index contributed by atoms with van der Waals surface area (Å²) in [5.74, 6) is -0.429. The Hall–Kier alpha value is -4.13. The Morgan fingerprint density at radius 1 is 1.03 bits per heavy atom. The predicted molar refractivity (Wildman–Crippen MR) is 110 cm³/mol. The largest absolute Gasteiger partial charge is 0.462 e. The summed E-state index contributed by atoms with van der Waals surface area (Å²) in [7, 11) is 0. The van der Waals surface area contributed by atoms with E-state index in [2.05, 4.69) is 5.43 Å². The number of benzene rings is 2. The molecule has 1 fully saturated rings. The van der Waals surface area contributed by atoms with Crippen LogP contribution in [-0.2, 0) is 14.3 Å². The number of hydrogen-bond donors (Lipinski definition) is 1. The van der Waals surface area contributed by atoms with Crippen molar-refractivity contribution in [2.75, 3.05) is 11.6 Å². The zero-order valence-corrected chi connectivity index (χ0v) is 16.1. The van der Waals surface area contributed by atoms with Crippen molar-refractivity contribution in [3.05, 3.63) is 83.6 Å². The summed E-state index contributed by atoms with van der Waals surface area (Å²) in [6, 6.07) is 19.0. The number of nitrogens with one attached hydrogen (secondary N) is 1. The number of carbonyl (C=O) groups is 3. The maximum absolute atomic E-state index is 12.6. The molecule has 1 aliphatic heterocycles. The Morgan fingerprint density at radius 3 is 2.47 bits per heavy atom. The number of esters is 1. The van der Waals surface area contributed by atoms with Crippen molar-refractivity contribution < 1.29 is 23.5 Å². The van der Waals surface area contributed by atoms with E-state index in [1.165, 1.54) is 11.1 Å². The second-order valence-electron chi connectivity index (χ2n) is 6.47. The van der Waals surface area contributed by atoms with Gasteiger partial charge in [0.15, 0.2) is 0 Å². The lowest BCUT2D eigenvalue weighted by Gasteiger charge is -2.13. The molecule has 0 saturated carbocycles. The lowest BCUT2D eigenvalue weighted by Crippen LogP contribution is -2.35. The van der Waals surface area contributed by atoms with Crippen molar-refractivity contribution in [2.45, 2.75) is 6.92 Å². The molecule has 3 aromatic rings. The highest BCUT2D eigenvalue weighted by molar-refractivity contribution is 6.31.